The van der Waals surface area contributed by atoms with Crippen LogP contribution in [-0.4, -0.2) is 14.7 Å². The van der Waals surface area contributed by atoms with E-state index in [1.807, 2.05) is 0 Å². The second kappa shape index (κ2) is 4.03. The van der Waals surface area contributed by atoms with Gasteiger partial charge in [0.25, 0.3) is 0 Å². The summed E-state index contributed by atoms with van der Waals surface area (Å²) in [5.41, 5.74) is 0. The zero-order valence-corrected chi connectivity index (χ0v) is 7.89. The number of hydrogen-bond acceptors (Lipinski definition) is 2. The van der Waals surface area contributed by atoms with Crippen molar-refractivity contribution in [2.75, 3.05) is 0 Å². The summed E-state index contributed by atoms with van der Waals surface area (Å²) in [6, 6.07) is 0. The zero-order valence-electron chi connectivity index (χ0n) is 6.10. The van der Waals surface area contributed by atoms with Gasteiger partial charge in [-0.05, 0) is 9.13 Å². The quantitative estimate of drug-likeness (QED) is 0.530. The molecule has 4 nitrogen and oxygen atoms in total. The highest BCUT2D eigenvalue weighted by molar-refractivity contribution is 7.59. The highest BCUT2D eigenvalue weighted by atomic mass is 31.2. The summed E-state index contributed by atoms with van der Waals surface area (Å²) in [4.78, 5) is 15.9. The Morgan fingerprint density at radius 1 is 1.45 bits per heavy atom. The molecule has 2 N–H and O–H groups in total. The normalized spacial score (nSPS) is 18.5. The third-order valence-corrected chi connectivity index (χ3v) is 4.40. The fourth-order valence-electron chi connectivity index (χ4n) is 0.503. The molecule has 0 fully saturated rings. The molecule has 0 aliphatic heterocycles. The lowest BCUT2D eigenvalue weighted by Gasteiger charge is -1.96. The molecule has 0 heterocycles. The predicted octanol–water partition coefficient (Wildman–Crippen LogP) is 1.75. The van der Waals surface area contributed by atoms with E-state index in [0.717, 1.165) is 0 Å². The van der Waals surface area contributed by atoms with Gasteiger partial charge in [0.1, 0.15) is 0 Å². The molecule has 0 aromatic carbocycles. The van der Waals surface area contributed by atoms with E-state index in [2.05, 4.69) is 6.58 Å². The molecule has 0 saturated carbocycles. The molecule has 0 spiro atoms. The lowest BCUT2D eigenvalue weighted by atomic mass is 10.3. The van der Waals surface area contributed by atoms with Crippen molar-refractivity contribution in [3.05, 3.63) is 12.7 Å². The predicted molar refractivity (Wildman–Crippen MR) is 42.9 cm³/mol. The standard InChI is InChI=1S/C5H8O4P2/c1-3-4-5(2,10(6)7)11(8)9/h3H,1,4H2,2H3/p+2. The molecule has 11 heavy (non-hydrogen) atoms. The van der Waals surface area contributed by atoms with Crippen molar-refractivity contribution in [1.29, 1.82) is 0 Å². The molecule has 6 heteroatoms. The monoisotopic (exact) mass is 196 g/mol. The van der Waals surface area contributed by atoms with Crippen LogP contribution < -0.4 is 0 Å². The lowest BCUT2D eigenvalue weighted by Crippen LogP contribution is -2.12. The Hall–Kier alpha value is -0.140. The van der Waals surface area contributed by atoms with E-state index < -0.39 is 21.0 Å². The molecule has 0 radical (unpaired) electrons. The number of allylic oxidation sites excluding steroid dienone is 1. The molecule has 0 saturated heterocycles. The van der Waals surface area contributed by atoms with Gasteiger partial charge in [-0.1, -0.05) is 6.08 Å². The van der Waals surface area contributed by atoms with Crippen LogP contribution in [0.25, 0.3) is 0 Å². The van der Waals surface area contributed by atoms with Gasteiger partial charge in [0.2, 0.25) is 0 Å². The van der Waals surface area contributed by atoms with Gasteiger partial charge in [0, 0.05) is 6.92 Å². The zero-order chi connectivity index (χ0) is 9.07. The Balaban J connectivity index is 4.65. The average Bonchev–Trinajstić information content (AvgIpc) is 1.87. The Kier molecular flexibility index (Phi) is 3.98. The smallest absolute Gasteiger partial charge is 0.157 e. The van der Waals surface area contributed by atoms with Gasteiger partial charge < -0.3 is 0 Å². The van der Waals surface area contributed by atoms with E-state index in [4.69, 9.17) is 9.79 Å². The molecule has 0 aliphatic rings. The summed E-state index contributed by atoms with van der Waals surface area (Å²) in [5.74, 6) is 0. The first-order valence-corrected chi connectivity index (χ1v) is 5.31. The minimum Gasteiger partial charge on any atom is -0.157 e. The van der Waals surface area contributed by atoms with Crippen LogP contribution >= 0.6 is 16.1 Å². The highest BCUT2D eigenvalue weighted by Crippen LogP contribution is 2.53. The van der Waals surface area contributed by atoms with Crippen LogP contribution in [0.3, 0.4) is 0 Å². The van der Waals surface area contributed by atoms with Gasteiger partial charge in [-0.15, -0.1) is 6.58 Å². The maximum atomic E-state index is 10.6. The van der Waals surface area contributed by atoms with Crippen molar-refractivity contribution in [3.63, 3.8) is 0 Å². The van der Waals surface area contributed by atoms with Gasteiger partial charge in [-0.25, -0.2) is 0 Å². The summed E-state index contributed by atoms with van der Waals surface area (Å²) < 4.78 is 21.2. The van der Waals surface area contributed by atoms with Crippen LogP contribution in [0.15, 0.2) is 12.7 Å². The second-order valence-electron chi connectivity index (χ2n) is 2.26. The molecule has 0 aromatic heterocycles. The van der Waals surface area contributed by atoms with Gasteiger partial charge in [-0.2, -0.15) is 9.79 Å². The molecule has 2 atom stereocenters. The number of hydrogen-bond donors (Lipinski definition) is 2. The van der Waals surface area contributed by atoms with Crippen LogP contribution in [0.2, 0.25) is 0 Å². The van der Waals surface area contributed by atoms with Gasteiger partial charge in [-0.3, -0.25) is 0 Å². The van der Waals surface area contributed by atoms with Crippen molar-refractivity contribution in [3.8, 4) is 0 Å². The molecule has 0 aromatic rings. The highest BCUT2D eigenvalue weighted by Gasteiger charge is 2.61. The van der Waals surface area contributed by atoms with Crippen molar-refractivity contribution in [1.82, 2.24) is 0 Å². The van der Waals surface area contributed by atoms with Gasteiger partial charge >= 0.3 is 21.0 Å². The SMILES string of the molecule is C=CCC(C)([P+](=O)O)[P+](=O)O. The minimum absolute atomic E-state index is 0.0599. The second-order valence-corrected chi connectivity index (χ2v) is 5.67. The molecule has 0 bridgehead atoms. The third-order valence-electron chi connectivity index (χ3n) is 1.36. The summed E-state index contributed by atoms with van der Waals surface area (Å²) in [6.07, 6.45) is 1.41. The summed E-state index contributed by atoms with van der Waals surface area (Å²) >= 11 is 0. The third kappa shape index (κ3) is 2.42. The molecule has 0 rings (SSSR count). The Bertz CT molecular complexity index is 187. The molecule has 2 unspecified atom stereocenters. The fourth-order valence-corrected chi connectivity index (χ4v) is 1.66. The minimum atomic E-state index is -2.65. The maximum absolute atomic E-state index is 10.6. The number of rotatable bonds is 4. The molecular weight excluding hydrogens is 186 g/mol. The van der Waals surface area contributed by atoms with Crippen LogP contribution in [0.1, 0.15) is 13.3 Å². The summed E-state index contributed by atoms with van der Waals surface area (Å²) in [5, 5.41) is 0. The van der Waals surface area contributed by atoms with Crippen molar-refractivity contribution >= 4 is 16.1 Å². The van der Waals surface area contributed by atoms with E-state index in [9.17, 15) is 9.13 Å². The summed E-state index contributed by atoms with van der Waals surface area (Å²) in [7, 11) is -5.29. The van der Waals surface area contributed by atoms with Gasteiger partial charge in [0.05, 0.1) is 6.42 Å². The topological polar surface area (TPSA) is 74.6 Å². The van der Waals surface area contributed by atoms with Crippen LogP contribution in [0, 0.1) is 0 Å². The lowest BCUT2D eigenvalue weighted by molar-refractivity contribution is 0.454. The van der Waals surface area contributed by atoms with E-state index in [1.54, 1.807) is 0 Å². The molecule has 0 aliphatic carbocycles. The van der Waals surface area contributed by atoms with Crippen molar-refractivity contribution in [2.45, 2.75) is 18.2 Å². The average molecular weight is 196 g/mol. The van der Waals surface area contributed by atoms with Crippen LogP contribution in [0.4, 0.5) is 0 Å². The van der Waals surface area contributed by atoms with Crippen molar-refractivity contribution < 1.29 is 18.9 Å². The molecule has 62 valence electrons. The maximum Gasteiger partial charge on any atom is 0.567 e. The van der Waals surface area contributed by atoms with E-state index >= 15 is 0 Å². The van der Waals surface area contributed by atoms with E-state index in [0.29, 0.717) is 0 Å². The Labute approximate surface area is 66.7 Å². The van der Waals surface area contributed by atoms with Crippen molar-refractivity contribution in [2.24, 2.45) is 0 Å². The molecular formula is C5H10O4P2+2. The Morgan fingerprint density at radius 3 is 1.91 bits per heavy atom. The first kappa shape index (κ1) is 10.9. The van der Waals surface area contributed by atoms with E-state index in [-0.39, 0.29) is 6.42 Å². The largest absolute Gasteiger partial charge is 0.567 e. The molecule has 0 amide bonds. The first-order chi connectivity index (χ1) is 4.95. The first-order valence-electron chi connectivity index (χ1n) is 2.88. The van der Waals surface area contributed by atoms with E-state index in [1.165, 1.54) is 13.0 Å². The van der Waals surface area contributed by atoms with Gasteiger partial charge in [0.15, 0.2) is 0 Å². The van der Waals surface area contributed by atoms with Crippen LogP contribution in [-0.2, 0) is 9.13 Å². The van der Waals surface area contributed by atoms with Crippen LogP contribution in [0.5, 0.6) is 0 Å². The fraction of sp³-hybridized carbons (Fsp3) is 0.600. The summed E-state index contributed by atoms with van der Waals surface area (Å²) in [6.45, 7) is 4.62. The Morgan fingerprint density at radius 2 is 1.82 bits per heavy atom.